The molecule has 0 fully saturated rings. The summed E-state index contributed by atoms with van der Waals surface area (Å²) in [6, 6.07) is 4.54. The second-order valence-corrected chi connectivity index (χ2v) is 3.55. The third-order valence-electron chi connectivity index (χ3n) is 2.00. The summed E-state index contributed by atoms with van der Waals surface area (Å²) in [5, 5.41) is 0. The molecule has 92 valence electrons. The van der Waals surface area contributed by atoms with Gasteiger partial charge in [0.2, 0.25) is 0 Å². The summed E-state index contributed by atoms with van der Waals surface area (Å²) in [6.45, 7) is 5.36. The number of benzene rings is 1. The van der Waals surface area contributed by atoms with Gasteiger partial charge >= 0.3 is 6.18 Å². The Bertz CT molecular complexity index is 432. The largest absolute Gasteiger partial charge is 0.416 e. The van der Waals surface area contributed by atoms with Crippen molar-refractivity contribution in [3.8, 4) is 0 Å². The van der Waals surface area contributed by atoms with Crippen LogP contribution in [0.25, 0.3) is 5.76 Å². The highest BCUT2D eigenvalue weighted by atomic mass is 19.4. The van der Waals surface area contributed by atoms with Crippen LogP contribution in [-0.4, -0.2) is 0 Å². The van der Waals surface area contributed by atoms with Gasteiger partial charge in [0.15, 0.2) is 5.76 Å². The van der Waals surface area contributed by atoms with E-state index in [1.54, 1.807) is 13.0 Å². The molecule has 0 atom stereocenters. The van der Waals surface area contributed by atoms with Crippen molar-refractivity contribution >= 4 is 5.76 Å². The van der Waals surface area contributed by atoms with E-state index in [0.29, 0.717) is 11.1 Å². The molecule has 5 heteroatoms. The molecule has 0 aromatic heterocycles. The van der Waals surface area contributed by atoms with Crippen LogP contribution in [0.2, 0.25) is 0 Å². The van der Waals surface area contributed by atoms with Crippen LogP contribution in [0.1, 0.15) is 18.1 Å². The van der Waals surface area contributed by atoms with E-state index < -0.39 is 11.7 Å². The van der Waals surface area contributed by atoms with E-state index in [4.69, 9.17) is 5.90 Å². The molecule has 0 saturated carbocycles. The van der Waals surface area contributed by atoms with E-state index in [0.717, 1.165) is 12.1 Å². The molecule has 2 nitrogen and oxygen atoms in total. The first-order chi connectivity index (χ1) is 7.84. The molecule has 1 aromatic rings. The highest BCUT2D eigenvalue weighted by Crippen LogP contribution is 2.30. The first kappa shape index (κ1) is 13.3. The van der Waals surface area contributed by atoms with Crippen molar-refractivity contribution in [3.63, 3.8) is 0 Å². The monoisotopic (exact) mass is 243 g/mol. The molecular formula is C12H12F3NO. The Balaban J connectivity index is 3.05. The van der Waals surface area contributed by atoms with Crippen LogP contribution < -0.4 is 5.90 Å². The Hall–Kier alpha value is -1.75. The van der Waals surface area contributed by atoms with E-state index >= 15 is 0 Å². The maximum atomic E-state index is 12.3. The molecule has 0 heterocycles. The predicted octanol–water partition coefficient (Wildman–Crippen LogP) is 3.51. The van der Waals surface area contributed by atoms with Gasteiger partial charge in [-0.15, -0.1) is 0 Å². The number of allylic oxidation sites excluding steroid dienone is 2. The van der Waals surface area contributed by atoms with Crippen LogP contribution in [0, 0.1) is 0 Å². The van der Waals surface area contributed by atoms with Crippen LogP contribution in [0.4, 0.5) is 13.2 Å². The van der Waals surface area contributed by atoms with Gasteiger partial charge in [-0.05, 0) is 25.1 Å². The molecule has 0 aliphatic carbocycles. The number of hydrogen-bond donors (Lipinski definition) is 1. The van der Waals surface area contributed by atoms with Gasteiger partial charge in [-0.1, -0.05) is 24.3 Å². The van der Waals surface area contributed by atoms with Crippen molar-refractivity contribution in [2.75, 3.05) is 0 Å². The number of halogens is 3. The number of nitrogens with two attached hydrogens (primary N) is 1. The van der Waals surface area contributed by atoms with Gasteiger partial charge < -0.3 is 4.84 Å². The van der Waals surface area contributed by atoms with Crippen LogP contribution in [0.5, 0.6) is 0 Å². The Morgan fingerprint density at radius 1 is 1.29 bits per heavy atom. The Morgan fingerprint density at radius 3 is 2.18 bits per heavy atom. The quantitative estimate of drug-likeness (QED) is 0.501. The summed E-state index contributed by atoms with van der Waals surface area (Å²) >= 11 is 0. The minimum absolute atomic E-state index is 0.270. The fourth-order valence-electron chi connectivity index (χ4n) is 1.23. The lowest BCUT2D eigenvalue weighted by Gasteiger charge is -2.09. The zero-order valence-corrected chi connectivity index (χ0v) is 9.21. The Kier molecular flexibility index (Phi) is 3.96. The predicted molar refractivity (Wildman–Crippen MR) is 59.5 cm³/mol. The van der Waals surface area contributed by atoms with Crippen LogP contribution in [0.15, 0.2) is 42.5 Å². The molecular weight excluding hydrogens is 231 g/mol. The van der Waals surface area contributed by atoms with Gasteiger partial charge in [0, 0.05) is 5.56 Å². The second kappa shape index (κ2) is 5.05. The van der Waals surface area contributed by atoms with Crippen molar-refractivity contribution in [2.24, 2.45) is 5.90 Å². The van der Waals surface area contributed by atoms with Gasteiger partial charge in [0.05, 0.1) is 5.56 Å². The van der Waals surface area contributed by atoms with Crippen LogP contribution in [-0.2, 0) is 11.0 Å². The average molecular weight is 243 g/mol. The van der Waals surface area contributed by atoms with E-state index in [1.807, 2.05) is 0 Å². The van der Waals surface area contributed by atoms with Gasteiger partial charge in [0.1, 0.15) is 0 Å². The van der Waals surface area contributed by atoms with Crippen LogP contribution >= 0.6 is 0 Å². The minimum atomic E-state index is -4.35. The molecule has 0 amide bonds. The first-order valence-corrected chi connectivity index (χ1v) is 4.76. The fourth-order valence-corrected chi connectivity index (χ4v) is 1.23. The van der Waals surface area contributed by atoms with Gasteiger partial charge in [-0.2, -0.15) is 19.1 Å². The van der Waals surface area contributed by atoms with Gasteiger partial charge in [-0.3, -0.25) is 0 Å². The Morgan fingerprint density at radius 2 is 1.82 bits per heavy atom. The standard InChI is InChI=1S/C12H12F3NO/c1-8(2)7-11(17-16)9-3-5-10(6-4-9)12(13,14)15/h3-7H,1,16H2,2H3/b11-7-. The first-order valence-electron chi connectivity index (χ1n) is 4.76. The van der Waals surface area contributed by atoms with Gasteiger partial charge in [0.25, 0.3) is 0 Å². The summed E-state index contributed by atoms with van der Waals surface area (Å²) in [6.07, 6.45) is -2.80. The lowest BCUT2D eigenvalue weighted by molar-refractivity contribution is -0.137. The fraction of sp³-hybridized carbons (Fsp3) is 0.167. The molecule has 0 bridgehead atoms. The molecule has 0 saturated heterocycles. The lowest BCUT2D eigenvalue weighted by Crippen LogP contribution is -2.05. The smallest absolute Gasteiger partial charge is 0.411 e. The lowest BCUT2D eigenvalue weighted by atomic mass is 10.1. The minimum Gasteiger partial charge on any atom is -0.411 e. The zero-order valence-electron chi connectivity index (χ0n) is 9.21. The highest BCUT2D eigenvalue weighted by molar-refractivity contribution is 5.62. The van der Waals surface area contributed by atoms with E-state index in [1.165, 1.54) is 12.1 Å². The highest BCUT2D eigenvalue weighted by Gasteiger charge is 2.30. The maximum absolute atomic E-state index is 12.3. The zero-order chi connectivity index (χ0) is 13.1. The van der Waals surface area contributed by atoms with Crippen molar-refractivity contribution in [1.82, 2.24) is 0 Å². The van der Waals surface area contributed by atoms with E-state index in [9.17, 15) is 13.2 Å². The summed E-state index contributed by atoms with van der Waals surface area (Å²) in [4.78, 5) is 4.59. The molecule has 1 aromatic carbocycles. The summed E-state index contributed by atoms with van der Waals surface area (Å²) in [5.41, 5.74) is 0.432. The Labute approximate surface area is 97.1 Å². The van der Waals surface area contributed by atoms with Crippen LogP contribution in [0.3, 0.4) is 0 Å². The summed E-state index contributed by atoms with van der Waals surface area (Å²) in [5.74, 6) is 5.31. The summed E-state index contributed by atoms with van der Waals surface area (Å²) < 4.78 is 37.0. The van der Waals surface area contributed by atoms with Gasteiger partial charge in [-0.25, -0.2) is 0 Å². The molecule has 2 N–H and O–H groups in total. The maximum Gasteiger partial charge on any atom is 0.416 e. The SMILES string of the molecule is C=C(C)/C=C(\ON)c1ccc(C(F)(F)F)cc1. The molecule has 0 unspecified atom stereocenters. The topological polar surface area (TPSA) is 35.2 Å². The van der Waals surface area contributed by atoms with Crippen molar-refractivity contribution in [2.45, 2.75) is 13.1 Å². The van der Waals surface area contributed by atoms with E-state index in [2.05, 4.69) is 11.4 Å². The number of alkyl halides is 3. The molecule has 0 aliphatic rings. The second-order valence-electron chi connectivity index (χ2n) is 3.55. The molecule has 0 radical (unpaired) electrons. The van der Waals surface area contributed by atoms with Crippen molar-refractivity contribution in [1.29, 1.82) is 0 Å². The molecule has 0 spiro atoms. The van der Waals surface area contributed by atoms with Crippen molar-refractivity contribution in [3.05, 3.63) is 53.6 Å². The third-order valence-corrected chi connectivity index (χ3v) is 2.00. The molecule has 0 aliphatic heterocycles. The number of hydrogen-bond acceptors (Lipinski definition) is 2. The van der Waals surface area contributed by atoms with E-state index in [-0.39, 0.29) is 5.76 Å². The summed E-state index contributed by atoms with van der Waals surface area (Å²) in [7, 11) is 0. The molecule has 1 rings (SSSR count). The van der Waals surface area contributed by atoms with Crippen molar-refractivity contribution < 1.29 is 18.0 Å². The normalized spacial score (nSPS) is 12.4. The number of rotatable bonds is 3. The third kappa shape index (κ3) is 3.64. The average Bonchev–Trinajstić information content (AvgIpc) is 2.24. The molecule has 17 heavy (non-hydrogen) atoms.